The fourth-order valence-corrected chi connectivity index (χ4v) is 1.52. The van der Waals surface area contributed by atoms with E-state index in [1.54, 1.807) is 6.07 Å². The van der Waals surface area contributed by atoms with E-state index >= 15 is 0 Å². The first-order valence-electron chi connectivity index (χ1n) is 5.55. The molecule has 4 heteroatoms. The van der Waals surface area contributed by atoms with Crippen LogP contribution >= 0.6 is 0 Å². The molecule has 0 amide bonds. The summed E-state index contributed by atoms with van der Waals surface area (Å²) in [6.07, 6.45) is 2.64. The number of rotatable bonds is 6. The topological polar surface area (TPSA) is 39.6 Å². The van der Waals surface area contributed by atoms with E-state index in [1.807, 2.05) is 6.07 Å². The maximum atomic E-state index is 9.11. The van der Waals surface area contributed by atoms with Gasteiger partial charge in [0.2, 0.25) is 0 Å². The van der Waals surface area contributed by atoms with Crippen molar-refractivity contribution < 1.29 is 5.11 Å². The van der Waals surface area contributed by atoms with E-state index in [4.69, 9.17) is 5.11 Å². The van der Waals surface area contributed by atoms with Gasteiger partial charge in [-0.25, -0.2) is 0 Å². The van der Waals surface area contributed by atoms with Gasteiger partial charge in [0.1, 0.15) is 5.75 Å². The molecule has 0 fully saturated rings. The molecule has 1 aromatic heterocycles. The van der Waals surface area contributed by atoms with Gasteiger partial charge in [-0.3, -0.25) is 4.98 Å². The lowest BCUT2D eigenvalue weighted by atomic mass is 10.3. The number of aromatic hydroxyl groups is 1. The van der Waals surface area contributed by atoms with Crippen LogP contribution in [0.2, 0.25) is 0 Å². The van der Waals surface area contributed by atoms with Crippen molar-refractivity contribution in [3.63, 3.8) is 0 Å². The van der Waals surface area contributed by atoms with E-state index in [0.29, 0.717) is 0 Å². The molecule has 0 atom stereocenters. The van der Waals surface area contributed by atoms with Crippen LogP contribution in [0.25, 0.3) is 0 Å². The Morgan fingerprint density at radius 1 is 1.19 bits per heavy atom. The Labute approximate surface area is 97.5 Å². The zero-order chi connectivity index (χ0) is 12.0. The second-order valence-corrected chi connectivity index (χ2v) is 4.40. The number of pyridine rings is 1. The minimum absolute atomic E-state index is 0.221. The lowest BCUT2D eigenvalue weighted by Crippen LogP contribution is -2.23. The fraction of sp³-hybridized carbons (Fsp3) is 0.583. The van der Waals surface area contributed by atoms with Gasteiger partial charge in [-0.1, -0.05) is 0 Å². The summed E-state index contributed by atoms with van der Waals surface area (Å²) in [5.74, 6) is 0.221. The number of aromatic nitrogens is 1. The van der Waals surface area contributed by atoms with Crippen molar-refractivity contribution in [2.45, 2.75) is 13.0 Å². The molecule has 90 valence electrons. The zero-order valence-electron chi connectivity index (χ0n) is 10.3. The smallest absolute Gasteiger partial charge is 0.133 e. The van der Waals surface area contributed by atoms with Gasteiger partial charge in [0.25, 0.3) is 0 Å². The Hall–Kier alpha value is -1.13. The maximum Gasteiger partial charge on any atom is 0.133 e. The summed E-state index contributed by atoms with van der Waals surface area (Å²) >= 11 is 0. The molecular formula is C12H21N3O. The summed E-state index contributed by atoms with van der Waals surface area (Å²) in [5, 5.41) is 9.11. The Bertz CT molecular complexity index is 298. The zero-order valence-corrected chi connectivity index (χ0v) is 10.3. The van der Waals surface area contributed by atoms with Gasteiger partial charge >= 0.3 is 0 Å². The molecule has 0 aliphatic carbocycles. The van der Waals surface area contributed by atoms with Crippen LogP contribution in [0.3, 0.4) is 0 Å². The summed E-state index contributed by atoms with van der Waals surface area (Å²) in [4.78, 5) is 8.59. The van der Waals surface area contributed by atoms with Crippen LogP contribution in [0.1, 0.15) is 12.1 Å². The van der Waals surface area contributed by atoms with Crippen molar-refractivity contribution >= 4 is 0 Å². The molecule has 1 N–H and O–H groups in total. The van der Waals surface area contributed by atoms with E-state index in [0.717, 1.165) is 31.7 Å². The van der Waals surface area contributed by atoms with Gasteiger partial charge in [0.05, 0.1) is 11.9 Å². The van der Waals surface area contributed by atoms with Crippen molar-refractivity contribution in [1.29, 1.82) is 0 Å². The highest BCUT2D eigenvalue weighted by Gasteiger charge is 2.01. The highest BCUT2D eigenvalue weighted by molar-refractivity contribution is 5.17. The van der Waals surface area contributed by atoms with E-state index < -0.39 is 0 Å². The quantitative estimate of drug-likeness (QED) is 0.786. The van der Waals surface area contributed by atoms with Crippen molar-refractivity contribution in [3.05, 3.63) is 24.0 Å². The molecule has 0 saturated heterocycles. The normalized spacial score (nSPS) is 11.3. The van der Waals surface area contributed by atoms with Crippen molar-refractivity contribution in [2.75, 3.05) is 34.2 Å². The average molecular weight is 223 g/mol. The van der Waals surface area contributed by atoms with Crippen LogP contribution in [-0.4, -0.2) is 54.1 Å². The highest BCUT2D eigenvalue weighted by Crippen LogP contribution is 2.07. The van der Waals surface area contributed by atoms with E-state index in [1.165, 1.54) is 6.20 Å². The first-order chi connectivity index (χ1) is 7.58. The van der Waals surface area contributed by atoms with Crippen LogP contribution in [0.5, 0.6) is 5.75 Å². The molecule has 1 aromatic rings. The largest absolute Gasteiger partial charge is 0.506 e. The maximum absolute atomic E-state index is 9.11. The average Bonchev–Trinajstić information content (AvgIpc) is 2.21. The van der Waals surface area contributed by atoms with E-state index in [-0.39, 0.29) is 5.75 Å². The molecule has 0 spiro atoms. The van der Waals surface area contributed by atoms with Gasteiger partial charge in [0.15, 0.2) is 0 Å². The van der Waals surface area contributed by atoms with E-state index in [9.17, 15) is 0 Å². The number of hydrogen-bond acceptors (Lipinski definition) is 4. The fourth-order valence-electron chi connectivity index (χ4n) is 1.52. The second kappa shape index (κ2) is 6.45. The Morgan fingerprint density at radius 3 is 2.50 bits per heavy atom. The molecule has 0 radical (unpaired) electrons. The Balaban J connectivity index is 2.28. The molecule has 0 bridgehead atoms. The minimum atomic E-state index is 0.221. The van der Waals surface area contributed by atoms with Crippen LogP contribution < -0.4 is 0 Å². The monoisotopic (exact) mass is 223 g/mol. The van der Waals surface area contributed by atoms with Gasteiger partial charge in [-0.2, -0.15) is 0 Å². The molecule has 16 heavy (non-hydrogen) atoms. The summed E-state index contributed by atoms with van der Waals surface area (Å²) < 4.78 is 0. The molecule has 0 aliphatic rings. The lowest BCUT2D eigenvalue weighted by molar-refractivity contribution is 0.292. The van der Waals surface area contributed by atoms with Gasteiger partial charge in [0, 0.05) is 6.54 Å². The predicted molar refractivity (Wildman–Crippen MR) is 65.4 cm³/mol. The Kier molecular flexibility index (Phi) is 5.22. The second-order valence-electron chi connectivity index (χ2n) is 4.40. The SMILES string of the molecule is CN(C)CCCN(C)Cc1ccc(O)cn1. The Morgan fingerprint density at radius 2 is 1.94 bits per heavy atom. The molecule has 0 saturated carbocycles. The van der Waals surface area contributed by atoms with Gasteiger partial charge in [-0.15, -0.1) is 0 Å². The number of hydrogen-bond donors (Lipinski definition) is 1. The molecular weight excluding hydrogens is 202 g/mol. The molecule has 0 aliphatic heterocycles. The van der Waals surface area contributed by atoms with E-state index in [2.05, 4.69) is 35.9 Å². The third-order valence-corrected chi connectivity index (χ3v) is 2.39. The summed E-state index contributed by atoms with van der Waals surface area (Å²) in [6.45, 7) is 2.99. The predicted octanol–water partition coefficient (Wildman–Crippen LogP) is 1.17. The summed E-state index contributed by atoms with van der Waals surface area (Å²) in [7, 11) is 6.26. The first-order valence-corrected chi connectivity index (χ1v) is 5.55. The van der Waals surface area contributed by atoms with Crippen LogP contribution in [0.15, 0.2) is 18.3 Å². The van der Waals surface area contributed by atoms with Crippen LogP contribution in [0, 0.1) is 0 Å². The van der Waals surface area contributed by atoms with Crippen LogP contribution in [-0.2, 0) is 6.54 Å². The van der Waals surface area contributed by atoms with Gasteiger partial charge in [-0.05, 0) is 52.8 Å². The molecule has 0 aromatic carbocycles. The third kappa shape index (κ3) is 5.09. The van der Waals surface area contributed by atoms with Crippen molar-refractivity contribution in [3.8, 4) is 5.75 Å². The first kappa shape index (κ1) is 12.9. The van der Waals surface area contributed by atoms with Crippen LogP contribution in [0.4, 0.5) is 0 Å². The molecule has 1 rings (SSSR count). The molecule has 4 nitrogen and oxygen atoms in total. The summed E-state index contributed by atoms with van der Waals surface area (Å²) in [6, 6.07) is 3.54. The lowest BCUT2D eigenvalue weighted by Gasteiger charge is -2.17. The minimum Gasteiger partial charge on any atom is -0.506 e. The molecule has 1 heterocycles. The third-order valence-electron chi connectivity index (χ3n) is 2.39. The van der Waals surface area contributed by atoms with Crippen molar-refractivity contribution in [2.24, 2.45) is 0 Å². The standard InChI is InChI=1S/C12H21N3O/c1-14(2)7-4-8-15(3)10-11-5-6-12(16)9-13-11/h5-6,9,16H,4,7-8,10H2,1-3H3. The van der Waals surface area contributed by atoms with Gasteiger partial charge < -0.3 is 14.9 Å². The van der Waals surface area contributed by atoms with Crippen molar-refractivity contribution in [1.82, 2.24) is 14.8 Å². The molecule has 0 unspecified atom stereocenters. The highest BCUT2D eigenvalue weighted by atomic mass is 16.3. The number of nitrogens with zero attached hydrogens (tertiary/aromatic N) is 3. The summed E-state index contributed by atoms with van der Waals surface area (Å²) in [5.41, 5.74) is 0.991.